The fraction of sp³-hybridized carbons (Fsp3) is 0.160. The number of amides is 1. The van der Waals surface area contributed by atoms with E-state index in [2.05, 4.69) is 27.4 Å². The Kier molecular flexibility index (Phi) is 6.46. The lowest BCUT2D eigenvalue weighted by Gasteiger charge is -2.30. The van der Waals surface area contributed by atoms with Crippen molar-refractivity contribution >= 4 is 17.5 Å². The molecule has 156 valence electrons. The van der Waals surface area contributed by atoms with Gasteiger partial charge in [-0.2, -0.15) is 0 Å². The molecule has 1 saturated heterocycles. The van der Waals surface area contributed by atoms with Crippen LogP contribution in [-0.2, 0) is 0 Å². The smallest absolute Gasteiger partial charge is 0.410 e. The van der Waals surface area contributed by atoms with E-state index in [1.54, 1.807) is 36.4 Å². The molecule has 4 rings (SSSR count). The van der Waals surface area contributed by atoms with Crippen molar-refractivity contribution in [1.82, 2.24) is 5.32 Å². The highest BCUT2D eigenvalue weighted by molar-refractivity contribution is 5.87. The summed E-state index contributed by atoms with van der Waals surface area (Å²) in [6, 6.07) is 20.6. The number of benzene rings is 3. The van der Waals surface area contributed by atoms with Crippen molar-refractivity contribution in [3.63, 3.8) is 0 Å². The minimum atomic E-state index is -0.571. The molecule has 5 nitrogen and oxygen atoms in total. The quantitative estimate of drug-likeness (QED) is 0.628. The first-order valence-corrected chi connectivity index (χ1v) is 10.1. The van der Waals surface area contributed by atoms with Gasteiger partial charge in [0, 0.05) is 37.4 Å². The second kappa shape index (κ2) is 9.79. The average Bonchev–Trinajstić information content (AvgIpc) is 2.80. The number of nitrogens with zero attached hydrogens (tertiary/aromatic N) is 1. The highest BCUT2D eigenvalue weighted by Gasteiger charge is 2.15. The van der Waals surface area contributed by atoms with Gasteiger partial charge in [-0.15, -0.1) is 0 Å². The van der Waals surface area contributed by atoms with E-state index < -0.39 is 6.09 Å². The molecule has 0 radical (unpaired) electrons. The van der Waals surface area contributed by atoms with Gasteiger partial charge in [0.1, 0.15) is 11.6 Å². The van der Waals surface area contributed by atoms with Gasteiger partial charge < -0.3 is 15.0 Å². The number of para-hydroxylation sites is 1. The van der Waals surface area contributed by atoms with Crippen molar-refractivity contribution in [3.8, 4) is 17.6 Å². The zero-order valence-electron chi connectivity index (χ0n) is 16.9. The minimum absolute atomic E-state index is 0.296. The van der Waals surface area contributed by atoms with Gasteiger partial charge in [0.15, 0.2) is 0 Å². The first-order chi connectivity index (χ1) is 15.2. The van der Waals surface area contributed by atoms with Crippen LogP contribution >= 0.6 is 0 Å². The molecule has 6 heteroatoms. The molecule has 0 atom stereocenters. The first-order valence-electron chi connectivity index (χ1n) is 10.1. The molecule has 3 aromatic rings. The molecule has 0 bridgehead atoms. The lowest BCUT2D eigenvalue weighted by atomic mass is 10.1. The van der Waals surface area contributed by atoms with Gasteiger partial charge in [0.25, 0.3) is 0 Å². The Morgan fingerprint density at radius 3 is 2.45 bits per heavy atom. The number of piperazine rings is 1. The number of hydrogen-bond donors (Lipinski definition) is 2. The summed E-state index contributed by atoms with van der Waals surface area (Å²) in [5.74, 6) is 6.44. The van der Waals surface area contributed by atoms with Crippen LogP contribution in [0.3, 0.4) is 0 Å². The van der Waals surface area contributed by atoms with Crippen LogP contribution in [-0.4, -0.2) is 32.3 Å². The number of carbonyl (C=O) groups is 1. The van der Waals surface area contributed by atoms with Gasteiger partial charge in [-0.05, 0) is 54.6 Å². The van der Waals surface area contributed by atoms with Gasteiger partial charge in [0.05, 0.1) is 11.3 Å². The molecule has 1 aliphatic rings. The van der Waals surface area contributed by atoms with E-state index in [9.17, 15) is 9.18 Å². The molecule has 0 spiro atoms. The Labute approximate surface area is 180 Å². The monoisotopic (exact) mass is 415 g/mol. The zero-order chi connectivity index (χ0) is 21.5. The number of hydrogen-bond acceptors (Lipinski definition) is 4. The minimum Gasteiger partial charge on any atom is -0.410 e. The number of carbonyl (C=O) groups excluding carboxylic acids is 1. The highest BCUT2D eigenvalue weighted by atomic mass is 19.1. The Morgan fingerprint density at radius 1 is 0.968 bits per heavy atom. The first kappa shape index (κ1) is 20.5. The van der Waals surface area contributed by atoms with Crippen molar-refractivity contribution < 1.29 is 13.9 Å². The van der Waals surface area contributed by atoms with Crippen LogP contribution in [0.4, 0.5) is 20.6 Å². The molecule has 0 aliphatic carbocycles. The Bertz CT molecular complexity index is 1100. The molecule has 0 aromatic heterocycles. The average molecular weight is 415 g/mol. The maximum Gasteiger partial charge on any atom is 0.417 e. The summed E-state index contributed by atoms with van der Waals surface area (Å²) < 4.78 is 18.5. The molecule has 1 fully saturated rings. The van der Waals surface area contributed by atoms with E-state index in [0.717, 1.165) is 43.0 Å². The molecular weight excluding hydrogens is 393 g/mol. The summed E-state index contributed by atoms with van der Waals surface area (Å²) in [6.45, 7) is 3.53. The summed E-state index contributed by atoms with van der Waals surface area (Å²) in [5, 5.41) is 6.10. The number of halogens is 1. The van der Waals surface area contributed by atoms with E-state index in [4.69, 9.17) is 4.74 Å². The van der Waals surface area contributed by atoms with Crippen molar-refractivity contribution in [2.75, 3.05) is 36.4 Å². The third-order valence-corrected chi connectivity index (χ3v) is 4.84. The number of anilines is 2. The molecule has 1 amide bonds. The van der Waals surface area contributed by atoms with Crippen LogP contribution in [0.1, 0.15) is 11.1 Å². The highest BCUT2D eigenvalue weighted by Crippen LogP contribution is 2.25. The predicted octanol–water partition coefficient (Wildman–Crippen LogP) is 4.25. The third-order valence-electron chi connectivity index (χ3n) is 4.84. The van der Waals surface area contributed by atoms with E-state index in [0.29, 0.717) is 11.4 Å². The van der Waals surface area contributed by atoms with Gasteiger partial charge in [0.2, 0.25) is 0 Å². The normalized spacial score (nSPS) is 13.1. The van der Waals surface area contributed by atoms with E-state index in [-0.39, 0.29) is 5.82 Å². The van der Waals surface area contributed by atoms with Gasteiger partial charge in [-0.25, -0.2) is 9.18 Å². The maximum atomic E-state index is 13.2. The summed E-state index contributed by atoms with van der Waals surface area (Å²) >= 11 is 0. The summed E-state index contributed by atoms with van der Waals surface area (Å²) in [4.78, 5) is 14.5. The Hall–Kier alpha value is -3.82. The SMILES string of the molecule is O=C(Nc1ccc(N2CCNCC2)c(C#Cc2ccc(F)cc2)c1)Oc1ccccc1. The molecule has 0 saturated carbocycles. The fourth-order valence-corrected chi connectivity index (χ4v) is 3.31. The van der Waals surface area contributed by atoms with Crippen molar-refractivity contribution in [2.45, 2.75) is 0 Å². The molecule has 2 N–H and O–H groups in total. The van der Waals surface area contributed by atoms with Crippen LogP contribution in [0, 0.1) is 17.7 Å². The topological polar surface area (TPSA) is 53.6 Å². The Morgan fingerprint density at radius 2 is 1.71 bits per heavy atom. The van der Waals surface area contributed by atoms with Gasteiger partial charge in [-0.3, -0.25) is 5.32 Å². The standard InChI is InChI=1S/C25H22FN3O2/c26-21-10-7-19(8-11-21)6-9-20-18-22(12-13-24(20)29-16-14-27-15-17-29)28-25(30)31-23-4-2-1-3-5-23/h1-5,7-8,10-13,18,27H,14-17H2,(H,28,30). The predicted molar refractivity (Wildman–Crippen MR) is 120 cm³/mol. The van der Waals surface area contributed by atoms with E-state index in [1.807, 2.05) is 24.3 Å². The summed E-state index contributed by atoms with van der Waals surface area (Å²) in [6.07, 6.45) is -0.571. The number of nitrogens with one attached hydrogen (secondary N) is 2. The van der Waals surface area contributed by atoms with Crippen LogP contribution in [0.15, 0.2) is 72.8 Å². The molecule has 0 unspecified atom stereocenters. The van der Waals surface area contributed by atoms with Crippen LogP contribution < -0.4 is 20.3 Å². The van der Waals surface area contributed by atoms with Gasteiger partial charge in [-0.1, -0.05) is 30.0 Å². The second-order valence-corrected chi connectivity index (χ2v) is 7.05. The van der Waals surface area contributed by atoms with Crippen molar-refractivity contribution in [2.24, 2.45) is 0 Å². The number of ether oxygens (including phenoxy) is 1. The van der Waals surface area contributed by atoms with E-state index >= 15 is 0 Å². The van der Waals surface area contributed by atoms with Crippen LogP contribution in [0.25, 0.3) is 0 Å². The van der Waals surface area contributed by atoms with Crippen LogP contribution in [0.2, 0.25) is 0 Å². The van der Waals surface area contributed by atoms with Crippen molar-refractivity contribution in [3.05, 3.63) is 89.7 Å². The molecule has 1 aliphatic heterocycles. The van der Waals surface area contributed by atoms with Crippen molar-refractivity contribution in [1.29, 1.82) is 0 Å². The molecular formula is C25H22FN3O2. The molecule has 1 heterocycles. The lowest BCUT2D eigenvalue weighted by Crippen LogP contribution is -2.43. The maximum absolute atomic E-state index is 13.2. The molecule has 3 aromatic carbocycles. The van der Waals surface area contributed by atoms with E-state index in [1.165, 1.54) is 12.1 Å². The zero-order valence-corrected chi connectivity index (χ0v) is 16.9. The van der Waals surface area contributed by atoms with Gasteiger partial charge >= 0.3 is 6.09 Å². The largest absolute Gasteiger partial charge is 0.417 e. The fourth-order valence-electron chi connectivity index (χ4n) is 3.31. The lowest BCUT2D eigenvalue weighted by molar-refractivity contribution is 0.215. The van der Waals surface area contributed by atoms with Crippen LogP contribution in [0.5, 0.6) is 5.75 Å². The molecule has 31 heavy (non-hydrogen) atoms. The third kappa shape index (κ3) is 5.62. The Balaban J connectivity index is 1.58. The second-order valence-electron chi connectivity index (χ2n) is 7.05. The summed E-state index contributed by atoms with van der Waals surface area (Å²) in [5.41, 5.74) is 3.08. The summed E-state index contributed by atoms with van der Waals surface area (Å²) in [7, 11) is 0. The number of rotatable bonds is 3.